The first-order valence-corrected chi connectivity index (χ1v) is 3.00. The zero-order valence-electron chi connectivity index (χ0n) is 6.55. The third-order valence-corrected chi connectivity index (χ3v) is 1.26. The number of hydrogen-bond acceptors (Lipinski definition) is 1. The molecule has 0 unspecified atom stereocenters. The van der Waals surface area contributed by atoms with Crippen LogP contribution in [-0.2, 0) is 0 Å². The maximum atomic E-state index is 3.86. The summed E-state index contributed by atoms with van der Waals surface area (Å²) in [5.74, 6) is 0. The summed E-state index contributed by atoms with van der Waals surface area (Å²) in [6.45, 7) is 4.05. The Morgan fingerprint density at radius 2 is 2.11 bits per heavy atom. The molecule has 2 heteroatoms. The van der Waals surface area contributed by atoms with Crippen molar-refractivity contribution in [2.24, 2.45) is 4.99 Å². The lowest BCUT2D eigenvalue weighted by molar-refractivity contribution is 0.643. The predicted octanol–water partition coefficient (Wildman–Crippen LogP) is 1.50. The summed E-state index contributed by atoms with van der Waals surface area (Å²) >= 11 is 0. The first-order chi connectivity index (χ1) is 4.22. The van der Waals surface area contributed by atoms with Crippen molar-refractivity contribution in [3.05, 3.63) is 11.8 Å². The second-order valence-corrected chi connectivity index (χ2v) is 1.91. The second-order valence-electron chi connectivity index (χ2n) is 1.91. The molecule has 0 N–H and O–H groups in total. The van der Waals surface area contributed by atoms with E-state index in [-0.39, 0.29) is 0 Å². The largest absolute Gasteiger partial charge is 0.340 e. The monoisotopic (exact) mass is 126 g/mol. The number of rotatable bonds is 2. The van der Waals surface area contributed by atoms with Gasteiger partial charge in [-0.2, -0.15) is 0 Å². The zero-order valence-corrected chi connectivity index (χ0v) is 6.55. The summed E-state index contributed by atoms with van der Waals surface area (Å²) in [5.41, 5.74) is 1.21. The van der Waals surface area contributed by atoms with Crippen molar-refractivity contribution in [3.8, 4) is 0 Å². The van der Waals surface area contributed by atoms with Crippen LogP contribution >= 0.6 is 0 Å². The van der Waals surface area contributed by atoms with Crippen molar-refractivity contribution in [3.63, 3.8) is 0 Å². The van der Waals surface area contributed by atoms with Gasteiger partial charge in [-0.05, 0) is 13.8 Å². The maximum absolute atomic E-state index is 3.86. The van der Waals surface area contributed by atoms with Gasteiger partial charge in [0.25, 0.3) is 0 Å². The molecule has 2 nitrogen and oxygen atoms in total. The Hall–Kier alpha value is -0.790. The van der Waals surface area contributed by atoms with Gasteiger partial charge < -0.3 is 4.90 Å². The molecule has 0 aromatic carbocycles. The highest BCUT2D eigenvalue weighted by Gasteiger charge is 1.88. The molecule has 0 radical (unpaired) electrons. The molecule has 0 saturated carbocycles. The van der Waals surface area contributed by atoms with Gasteiger partial charge in [-0.15, -0.1) is 0 Å². The number of hydrogen-bond donors (Lipinski definition) is 0. The SMILES string of the molecule is C/C=C(/C)N(C)C=NC. The molecular formula is C7H14N2. The Morgan fingerprint density at radius 1 is 1.56 bits per heavy atom. The van der Waals surface area contributed by atoms with Gasteiger partial charge in [0.1, 0.15) is 0 Å². The fraction of sp³-hybridized carbons (Fsp3) is 0.571. The van der Waals surface area contributed by atoms with Crippen LogP contribution < -0.4 is 0 Å². The fourth-order valence-electron chi connectivity index (χ4n) is 0.468. The van der Waals surface area contributed by atoms with Crippen molar-refractivity contribution in [1.82, 2.24) is 4.90 Å². The Labute approximate surface area is 56.9 Å². The topological polar surface area (TPSA) is 15.6 Å². The normalized spacial score (nSPS) is 12.7. The minimum absolute atomic E-state index is 1.21. The van der Waals surface area contributed by atoms with Gasteiger partial charge in [0, 0.05) is 19.8 Å². The molecule has 0 heterocycles. The van der Waals surface area contributed by atoms with Crippen molar-refractivity contribution >= 4 is 6.34 Å². The van der Waals surface area contributed by atoms with Gasteiger partial charge in [0.15, 0.2) is 0 Å². The highest BCUT2D eigenvalue weighted by atomic mass is 15.1. The highest BCUT2D eigenvalue weighted by Crippen LogP contribution is 1.94. The number of allylic oxidation sites excluding steroid dienone is 2. The van der Waals surface area contributed by atoms with Gasteiger partial charge in [0.2, 0.25) is 0 Å². The molecule has 0 aliphatic heterocycles. The van der Waals surface area contributed by atoms with Crippen LogP contribution in [0.25, 0.3) is 0 Å². The van der Waals surface area contributed by atoms with E-state index in [0.717, 1.165) is 0 Å². The lowest BCUT2D eigenvalue weighted by Gasteiger charge is -2.11. The molecule has 0 fully saturated rings. The van der Waals surface area contributed by atoms with E-state index >= 15 is 0 Å². The number of aliphatic imine (C=N–C) groups is 1. The summed E-state index contributed by atoms with van der Waals surface area (Å²) in [5, 5.41) is 0. The van der Waals surface area contributed by atoms with Crippen molar-refractivity contribution in [2.75, 3.05) is 14.1 Å². The first kappa shape index (κ1) is 8.21. The minimum Gasteiger partial charge on any atom is -0.340 e. The van der Waals surface area contributed by atoms with E-state index in [4.69, 9.17) is 0 Å². The summed E-state index contributed by atoms with van der Waals surface area (Å²) < 4.78 is 0. The second kappa shape index (κ2) is 4.13. The van der Waals surface area contributed by atoms with Crippen molar-refractivity contribution in [1.29, 1.82) is 0 Å². The van der Waals surface area contributed by atoms with E-state index in [1.807, 2.05) is 31.9 Å². The summed E-state index contributed by atoms with van der Waals surface area (Å²) in [6.07, 6.45) is 3.83. The van der Waals surface area contributed by atoms with Crippen LogP contribution in [0.3, 0.4) is 0 Å². The minimum atomic E-state index is 1.21. The van der Waals surface area contributed by atoms with E-state index in [1.54, 1.807) is 13.4 Å². The van der Waals surface area contributed by atoms with E-state index in [2.05, 4.69) is 4.99 Å². The smallest absolute Gasteiger partial charge is 0.0885 e. The van der Waals surface area contributed by atoms with Gasteiger partial charge in [0.05, 0.1) is 6.34 Å². The lowest BCUT2D eigenvalue weighted by atomic mass is 10.4. The van der Waals surface area contributed by atoms with Crippen LogP contribution in [0.1, 0.15) is 13.8 Å². The first-order valence-electron chi connectivity index (χ1n) is 3.00. The third kappa shape index (κ3) is 2.90. The fourth-order valence-corrected chi connectivity index (χ4v) is 0.468. The quantitative estimate of drug-likeness (QED) is 0.404. The molecule has 0 aromatic heterocycles. The molecule has 9 heavy (non-hydrogen) atoms. The Bertz CT molecular complexity index is 125. The molecule has 0 saturated heterocycles. The van der Waals surface area contributed by atoms with E-state index in [0.29, 0.717) is 0 Å². The van der Waals surface area contributed by atoms with E-state index in [1.165, 1.54) is 5.70 Å². The molecule has 0 rings (SSSR count). The van der Waals surface area contributed by atoms with Crippen LogP contribution in [0.15, 0.2) is 16.8 Å². The van der Waals surface area contributed by atoms with Crippen molar-refractivity contribution in [2.45, 2.75) is 13.8 Å². The highest BCUT2D eigenvalue weighted by molar-refractivity contribution is 5.56. The van der Waals surface area contributed by atoms with Crippen LogP contribution in [0.4, 0.5) is 0 Å². The van der Waals surface area contributed by atoms with E-state index < -0.39 is 0 Å². The lowest BCUT2D eigenvalue weighted by Crippen LogP contribution is -2.12. The van der Waals surface area contributed by atoms with Gasteiger partial charge >= 0.3 is 0 Å². The molecular weight excluding hydrogens is 112 g/mol. The molecule has 0 aliphatic carbocycles. The summed E-state index contributed by atoms with van der Waals surface area (Å²) in [6, 6.07) is 0. The van der Waals surface area contributed by atoms with Crippen molar-refractivity contribution < 1.29 is 0 Å². The zero-order chi connectivity index (χ0) is 7.28. The van der Waals surface area contributed by atoms with Crippen LogP contribution in [0, 0.1) is 0 Å². The van der Waals surface area contributed by atoms with Crippen LogP contribution in [-0.4, -0.2) is 25.3 Å². The molecule has 0 spiro atoms. The molecule has 0 aromatic rings. The Morgan fingerprint density at radius 3 is 2.44 bits per heavy atom. The Balaban J connectivity index is 3.88. The van der Waals surface area contributed by atoms with Gasteiger partial charge in [-0.3, -0.25) is 4.99 Å². The molecule has 0 bridgehead atoms. The Kier molecular flexibility index (Phi) is 3.76. The average molecular weight is 126 g/mol. The molecule has 0 amide bonds. The summed E-state index contributed by atoms with van der Waals surface area (Å²) in [7, 11) is 3.74. The van der Waals surface area contributed by atoms with E-state index in [9.17, 15) is 0 Å². The molecule has 0 atom stereocenters. The van der Waals surface area contributed by atoms with Crippen LogP contribution in [0.2, 0.25) is 0 Å². The van der Waals surface area contributed by atoms with Crippen LogP contribution in [0.5, 0.6) is 0 Å². The van der Waals surface area contributed by atoms with Gasteiger partial charge in [-0.25, -0.2) is 0 Å². The third-order valence-electron chi connectivity index (χ3n) is 1.26. The number of nitrogens with zero attached hydrogens (tertiary/aromatic N) is 2. The maximum Gasteiger partial charge on any atom is 0.0885 e. The standard InChI is InChI=1S/C7H14N2/c1-5-7(2)9(4)6-8-3/h5-6H,1-4H3/b7-5-,8-6?. The predicted molar refractivity (Wildman–Crippen MR) is 41.6 cm³/mol. The molecule has 52 valence electrons. The van der Waals surface area contributed by atoms with Gasteiger partial charge in [-0.1, -0.05) is 6.08 Å². The average Bonchev–Trinajstić information content (AvgIpc) is 1.87. The summed E-state index contributed by atoms with van der Waals surface area (Å²) in [4.78, 5) is 5.84. The molecule has 0 aliphatic rings.